The lowest BCUT2D eigenvalue weighted by Crippen LogP contribution is -2.09. The number of anilines is 1. The number of carboxylic acid groups (broad SMARTS) is 1. The van der Waals surface area contributed by atoms with E-state index in [1.165, 1.54) is 18.2 Å². The van der Waals surface area contributed by atoms with Crippen molar-refractivity contribution in [1.29, 1.82) is 0 Å². The molecule has 5 heteroatoms. The maximum Gasteiger partial charge on any atom is 0.335 e. The lowest BCUT2D eigenvalue weighted by atomic mass is 10.1. The molecule has 2 N–H and O–H groups in total. The lowest BCUT2D eigenvalue weighted by molar-refractivity contribution is -0.111. The highest BCUT2D eigenvalue weighted by atomic mass is 16.5. The summed E-state index contributed by atoms with van der Waals surface area (Å²) in [7, 11) is 1.59. The van der Waals surface area contributed by atoms with Crippen molar-refractivity contribution in [1.82, 2.24) is 0 Å². The molecule has 0 aromatic heterocycles. The quantitative estimate of drug-likeness (QED) is 0.830. The smallest absolute Gasteiger partial charge is 0.335 e. The number of methoxy groups -OCH3 is 1. The van der Waals surface area contributed by atoms with Crippen LogP contribution >= 0.6 is 0 Å². The molecule has 0 aliphatic carbocycles. The number of hydrogen-bond donors (Lipinski definition) is 2. The fourth-order valence-corrected chi connectivity index (χ4v) is 2.00. The van der Waals surface area contributed by atoms with Crippen molar-refractivity contribution in [2.45, 2.75) is 6.92 Å². The van der Waals surface area contributed by atoms with Crippen LogP contribution < -0.4 is 10.1 Å². The molecular formula is C18H17NO4. The van der Waals surface area contributed by atoms with Crippen molar-refractivity contribution < 1.29 is 19.4 Å². The van der Waals surface area contributed by atoms with Crippen LogP contribution in [0.3, 0.4) is 0 Å². The minimum absolute atomic E-state index is 0.189. The molecule has 0 radical (unpaired) electrons. The van der Waals surface area contributed by atoms with Crippen molar-refractivity contribution in [2.75, 3.05) is 12.4 Å². The summed E-state index contributed by atoms with van der Waals surface area (Å²) in [4.78, 5) is 22.8. The van der Waals surface area contributed by atoms with E-state index >= 15 is 0 Å². The van der Waals surface area contributed by atoms with Crippen molar-refractivity contribution in [3.63, 3.8) is 0 Å². The Bertz CT molecular complexity index is 748. The molecule has 0 bridgehead atoms. The number of amides is 1. The molecular weight excluding hydrogens is 294 g/mol. The first-order chi connectivity index (χ1) is 11.0. The highest BCUT2D eigenvalue weighted by Crippen LogP contribution is 2.17. The largest absolute Gasteiger partial charge is 0.497 e. The highest BCUT2D eigenvalue weighted by molar-refractivity contribution is 6.02. The molecule has 2 aromatic rings. The second-order valence-corrected chi connectivity index (χ2v) is 4.93. The van der Waals surface area contributed by atoms with Crippen LogP contribution in [0.5, 0.6) is 5.75 Å². The van der Waals surface area contributed by atoms with Gasteiger partial charge in [0.2, 0.25) is 5.91 Å². The second kappa shape index (κ2) is 7.26. The van der Waals surface area contributed by atoms with Crippen LogP contribution in [0, 0.1) is 6.92 Å². The van der Waals surface area contributed by atoms with Crippen molar-refractivity contribution in [3.8, 4) is 5.75 Å². The summed E-state index contributed by atoms with van der Waals surface area (Å²) in [5, 5.41) is 11.6. The van der Waals surface area contributed by atoms with E-state index in [9.17, 15) is 9.59 Å². The summed E-state index contributed by atoms with van der Waals surface area (Å²) in [6.07, 6.45) is 3.11. The van der Waals surface area contributed by atoms with Crippen LogP contribution in [0.4, 0.5) is 5.69 Å². The van der Waals surface area contributed by atoms with Crippen LogP contribution in [-0.4, -0.2) is 24.1 Å². The minimum atomic E-state index is -0.995. The fourth-order valence-electron chi connectivity index (χ4n) is 2.00. The van der Waals surface area contributed by atoms with E-state index in [2.05, 4.69) is 5.32 Å². The highest BCUT2D eigenvalue weighted by Gasteiger charge is 2.07. The number of carboxylic acids is 1. The van der Waals surface area contributed by atoms with Crippen LogP contribution in [-0.2, 0) is 4.79 Å². The molecule has 0 spiro atoms. The van der Waals surface area contributed by atoms with Crippen LogP contribution in [0.25, 0.3) is 6.08 Å². The number of rotatable bonds is 5. The molecule has 0 heterocycles. The molecule has 0 saturated carbocycles. The zero-order valence-corrected chi connectivity index (χ0v) is 12.9. The normalized spacial score (nSPS) is 10.5. The molecule has 0 saturated heterocycles. The third-order valence-corrected chi connectivity index (χ3v) is 3.27. The van der Waals surface area contributed by atoms with Crippen LogP contribution in [0.15, 0.2) is 48.5 Å². The van der Waals surface area contributed by atoms with E-state index in [1.807, 2.05) is 24.3 Å². The van der Waals surface area contributed by atoms with Gasteiger partial charge in [-0.25, -0.2) is 4.79 Å². The standard InChI is InChI=1S/C18H17NO4/c1-12-11-14(18(21)22)6-9-16(12)19-17(20)10-5-13-3-7-15(23-2)8-4-13/h3-11H,1-2H3,(H,19,20)(H,21,22)/b10-5+. The predicted molar refractivity (Wildman–Crippen MR) is 88.8 cm³/mol. The zero-order valence-electron chi connectivity index (χ0n) is 12.9. The first kappa shape index (κ1) is 16.3. The third kappa shape index (κ3) is 4.44. The first-order valence-electron chi connectivity index (χ1n) is 6.96. The summed E-state index contributed by atoms with van der Waals surface area (Å²) in [6, 6.07) is 11.9. The molecule has 2 rings (SSSR count). The van der Waals surface area contributed by atoms with Gasteiger partial charge in [-0.1, -0.05) is 12.1 Å². The summed E-state index contributed by atoms with van der Waals surface area (Å²) < 4.78 is 5.07. The van der Waals surface area contributed by atoms with Gasteiger partial charge in [-0.15, -0.1) is 0 Å². The first-order valence-corrected chi connectivity index (χ1v) is 6.96. The lowest BCUT2D eigenvalue weighted by Gasteiger charge is -2.07. The van der Waals surface area contributed by atoms with Gasteiger partial charge in [0.05, 0.1) is 12.7 Å². The number of ether oxygens (including phenoxy) is 1. The zero-order chi connectivity index (χ0) is 16.8. The number of carbonyl (C=O) groups is 2. The SMILES string of the molecule is COc1ccc(/C=C/C(=O)Nc2ccc(C(=O)O)cc2C)cc1. The molecule has 0 aliphatic rings. The van der Waals surface area contributed by atoms with Crippen LogP contribution in [0.2, 0.25) is 0 Å². The number of carbonyl (C=O) groups excluding carboxylic acids is 1. The molecule has 1 amide bonds. The third-order valence-electron chi connectivity index (χ3n) is 3.27. The Balaban J connectivity index is 2.04. The summed E-state index contributed by atoms with van der Waals surface area (Å²) >= 11 is 0. The Morgan fingerprint density at radius 1 is 1.13 bits per heavy atom. The van der Waals surface area contributed by atoms with E-state index in [1.54, 1.807) is 26.2 Å². The summed E-state index contributed by atoms with van der Waals surface area (Å²) in [5.74, 6) is -0.530. The molecule has 0 aliphatic heterocycles. The molecule has 0 fully saturated rings. The molecule has 0 atom stereocenters. The van der Waals surface area contributed by atoms with E-state index in [0.29, 0.717) is 11.3 Å². The van der Waals surface area contributed by atoms with Gasteiger partial charge < -0.3 is 15.2 Å². The molecule has 23 heavy (non-hydrogen) atoms. The Kier molecular flexibility index (Phi) is 5.15. The average Bonchev–Trinajstić information content (AvgIpc) is 2.55. The molecule has 5 nitrogen and oxygen atoms in total. The molecule has 0 unspecified atom stereocenters. The fraction of sp³-hybridized carbons (Fsp3) is 0.111. The van der Waals surface area contributed by atoms with E-state index in [-0.39, 0.29) is 11.5 Å². The van der Waals surface area contributed by atoms with Crippen LogP contribution in [0.1, 0.15) is 21.5 Å². The number of aryl methyl sites for hydroxylation is 1. The Labute approximate surface area is 134 Å². The monoisotopic (exact) mass is 311 g/mol. The summed E-state index contributed by atoms with van der Waals surface area (Å²) in [5.41, 5.74) is 2.34. The van der Waals surface area contributed by atoms with Gasteiger partial charge >= 0.3 is 5.97 Å². The topological polar surface area (TPSA) is 75.6 Å². The van der Waals surface area contributed by atoms with Crippen molar-refractivity contribution >= 4 is 23.6 Å². The molecule has 2 aromatic carbocycles. The van der Waals surface area contributed by atoms with Gasteiger partial charge in [0.1, 0.15) is 5.75 Å². The predicted octanol–water partition coefficient (Wildman–Crippen LogP) is 3.35. The van der Waals surface area contributed by atoms with Gasteiger partial charge in [-0.3, -0.25) is 4.79 Å². The second-order valence-electron chi connectivity index (χ2n) is 4.93. The number of aromatic carboxylic acids is 1. The number of hydrogen-bond acceptors (Lipinski definition) is 3. The maximum atomic E-state index is 11.9. The summed E-state index contributed by atoms with van der Waals surface area (Å²) in [6.45, 7) is 1.75. The van der Waals surface area contributed by atoms with E-state index in [0.717, 1.165) is 11.3 Å². The van der Waals surface area contributed by atoms with Gasteiger partial charge in [0.25, 0.3) is 0 Å². The Hall–Kier alpha value is -3.08. The Morgan fingerprint density at radius 3 is 2.39 bits per heavy atom. The number of nitrogens with one attached hydrogen (secondary N) is 1. The average molecular weight is 311 g/mol. The van der Waals surface area contributed by atoms with Gasteiger partial charge in [-0.05, 0) is 54.5 Å². The Morgan fingerprint density at radius 2 is 1.83 bits per heavy atom. The molecule has 118 valence electrons. The minimum Gasteiger partial charge on any atom is -0.497 e. The van der Waals surface area contributed by atoms with Crippen molar-refractivity contribution in [2.24, 2.45) is 0 Å². The van der Waals surface area contributed by atoms with Gasteiger partial charge in [0, 0.05) is 11.8 Å². The number of benzene rings is 2. The van der Waals surface area contributed by atoms with Crippen molar-refractivity contribution in [3.05, 3.63) is 65.2 Å². The van der Waals surface area contributed by atoms with Gasteiger partial charge in [0.15, 0.2) is 0 Å². The van der Waals surface area contributed by atoms with Gasteiger partial charge in [-0.2, -0.15) is 0 Å². The maximum absolute atomic E-state index is 11.9. The van der Waals surface area contributed by atoms with E-state index < -0.39 is 5.97 Å². The van der Waals surface area contributed by atoms with E-state index in [4.69, 9.17) is 9.84 Å².